The lowest BCUT2D eigenvalue weighted by molar-refractivity contribution is -0.137. The highest BCUT2D eigenvalue weighted by atomic mass is 19.1. The zero-order valence-electron chi connectivity index (χ0n) is 15.3. The summed E-state index contributed by atoms with van der Waals surface area (Å²) in [5.41, 5.74) is 3.86. The number of halogens is 1. The fraction of sp³-hybridized carbons (Fsp3) is 0.409. The normalized spacial score (nSPS) is 17.5. The highest BCUT2D eigenvalue weighted by molar-refractivity contribution is 5.66. The number of hydrogen-bond donors (Lipinski definition) is 1. The van der Waals surface area contributed by atoms with Crippen molar-refractivity contribution in [3.8, 4) is 5.75 Å². The third-order valence-corrected chi connectivity index (χ3v) is 5.61. The molecular formula is C22H24FNO3. The molecular weight excluding hydrogens is 345 g/mol. The van der Waals surface area contributed by atoms with Crippen LogP contribution in [0.1, 0.15) is 42.4 Å². The molecule has 5 heteroatoms. The number of ether oxygens (including phenoxy) is 1. The summed E-state index contributed by atoms with van der Waals surface area (Å²) in [6, 6.07) is 12.7. The van der Waals surface area contributed by atoms with Crippen LogP contribution in [-0.4, -0.2) is 29.1 Å². The standard InChI is InChI=1S/C22H24FNO3/c23-18-6-3-16(4-7-18)14-27-19-8-5-17-13-24(11-1-2-21(25)26)15-22(9-10-22)20(17)12-19/h3-8,12H,1-2,9-11,13-15H2,(H,25,26). The van der Waals surface area contributed by atoms with Gasteiger partial charge in [0.1, 0.15) is 18.2 Å². The molecule has 0 amide bonds. The smallest absolute Gasteiger partial charge is 0.303 e. The number of nitrogens with zero attached hydrogens (tertiary/aromatic N) is 1. The van der Waals surface area contributed by atoms with Gasteiger partial charge in [0.2, 0.25) is 0 Å². The molecule has 0 bridgehead atoms. The van der Waals surface area contributed by atoms with Gasteiger partial charge in [-0.25, -0.2) is 4.39 Å². The molecule has 0 radical (unpaired) electrons. The van der Waals surface area contributed by atoms with Crippen LogP contribution in [0.4, 0.5) is 4.39 Å². The van der Waals surface area contributed by atoms with Crippen molar-refractivity contribution in [2.24, 2.45) is 0 Å². The summed E-state index contributed by atoms with van der Waals surface area (Å²) in [6.45, 7) is 3.12. The van der Waals surface area contributed by atoms with E-state index in [2.05, 4.69) is 17.0 Å². The molecule has 0 atom stereocenters. The molecule has 2 aromatic carbocycles. The minimum atomic E-state index is -0.725. The number of carboxylic acid groups (broad SMARTS) is 1. The minimum Gasteiger partial charge on any atom is -0.489 e. The highest BCUT2D eigenvalue weighted by Gasteiger charge is 2.49. The molecule has 4 nitrogen and oxygen atoms in total. The van der Waals surface area contributed by atoms with Crippen molar-refractivity contribution in [3.05, 3.63) is 65.0 Å². The van der Waals surface area contributed by atoms with Crippen LogP contribution >= 0.6 is 0 Å². The van der Waals surface area contributed by atoms with E-state index in [-0.39, 0.29) is 17.7 Å². The van der Waals surface area contributed by atoms with Crippen molar-refractivity contribution < 1.29 is 19.0 Å². The molecule has 142 valence electrons. The van der Waals surface area contributed by atoms with Crippen LogP contribution in [0.2, 0.25) is 0 Å². The van der Waals surface area contributed by atoms with Gasteiger partial charge in [-0.15, -0.1) is 0 Å². The summed E-state index contributed by atoms with van der Waals surface area (Å²) >= 11 is 0. The van der Waals surface area contributed by atoms with Crippen molar-refractivity contribution in [1.29, 1.82) is 0 Å². The first-order valence-corrected chi connectivity index (χ1v) is 9.49. The Hall–Kier alpha value is -2.40. The van der Waals surface area contributed by atoms with Gasteiger partial charge in [-0.2, -0.15) is 0 Å². The molecule has 2 aromatic rings. The maximum absolute atomic E-state index is 13.0. The molecule has 1 fully saturated rings. The number of benzene rings is 2. The summed E-state index contributed by atoms with van der Waals surface area (Å²) < 4.78 is 18.9. The second kappa shape index (κ2) is 7.31. The van der Waals surface area contributed by atoms with Crippen LogP contribution < -0.4 is 4.74 Å². The lowest BCUT2D eigenvalue weighted by Gasteiger charge is -2.35. The lowest BCUT2D eigenvalue weighted by atomic mass is 9.86. The van der Waals surface area contributed by atoms with Gasteiger partial charge in [-0.3, -0.25) is 9.69 Å². The van der Waals surface area contributed by atoms with Crippen LogP contribution in [0.25, 0.3) is 0 Å². The average molecular weight is 369 g/mol. The van der Waals surface area contributed by atoms with Crippen LogP contribution in [0, 0.1) is 5.82 Å². The number of aliphatic carboxylic acids is 1. The highest BCUT2D eigenvalue weighted by Crippen LogP contribution is 2.53. The van der Waals surface area contributed by atoms with E-state index < -0.39 is 5.97 Å². The van der Waals surface area contributed by atoms with Crippen molar-refractivity contribution in [2.75, 3.05) is 13.1 Å². The first-order valence-electron chi connectivity index (χ1n) is 9.49. The number of fused-ring (bicyclic) bond motifs is 2. The van der Waals surface area contributed by atoms with Gasteiger partial charge in [0.15, 0.2) is 0 Å². The van der Waals surface area contributed by atoms with Gasteiger partial charge in [-0.1, -0.05) is 18.2 Å². The van der Waals surface area contributed by atoms with Gasteiger partial charge in [0, 0.05) is 24.9 Å². The predicted molar refractivity (Wildman–Crippen MR) is 100 cm³/mol. The Labute approximate surface area is 158 Å². The van der Waals surface area contributed by atoms with E-state index in [4.69, 9.17) is 9.84 Å². The monoisotopic (exact) mass is 369 g/mol. The quantitative estimate of drug-likeness (QED) is 0.798. The molecule has 1 heterocycles. The van der Waals surface area contributed by atoms with E-state index in [0.29, 0.717) is 13.0 Å². The van der Waals surface area contributed by atoms with Crippen LogP contribution in [0.15, 0.2) is 42.5 Å². The molecule has 27 heavy (non-hydrogen) atoms. The lowest BCUT2D eigenvalue weighted by Crippen LogP contribution is -2.38. The van der Waals surface area contributed by atoms with Gasteiger partial charge in [0.05, 0.1) is 0 Å². The molecule has 2 aliphatic rings. The van der Waals surface area contributed by atoms with E-state index in [0.717, 1.165) is 30.9 Å². The Bertz CT molecular complexity index is 830. The number of carbonyl (C=O) groups is 1. The fourth-order valence-corrected chi connectivity index (χ4v) is 4.02. The summed E-state index contributed by atoms with van der Waals surface area (Å²) in [6.07, 6.45) is 3.28. The second-order valence-electron chi connectivity index (χ2n) is 7.72. The van der Waals surface area contributed by atoms with E-state index in [1.54, 1.807) is 12.1 Å². The zero-order valence-corrected chi connectivity index (χ0v) is 15.3. The largest absolute Gasteiger partial charge is 0.489 e. The van der Waals surface area contributed by atoms with Crippen molar-refractivity contribution in [2.45, 2.75) is 44.2 Å². The maximum atomic E-state index is 13.0. The summed E-state index contributed by atoms with van der Waals surface area (Å²) in [4.78, 5) is 13.1. The van der Waals surface area contributed by atoms with E-state index >= 15 is 0 Å². The van der Waals surface area contributed by atoms with Crippen molar-refractivity contribution >= 4 is 5.97 Å². The van der Waals surface area contributed by atoms with Crippen molar-refractivity contribution in [3.63, 3.8) is 0 Å². The zero-order chi connectivity index (χ0) is 18.9. The van der Waals surface area contributed by atoms with Crippen LogP contribution in [0.5, 0.6) is 5.75 Å². The van der Waals surface area contributed by atoms with Gasteiger partial charge < -0.3 is 9.84 Å². The predicted octanol–water partition coefficient (Wildman–Crippen LogP) is 4.12. The van der Waals surface area contributed by atoms with Crippen molar-refractivity contribution in [1.82, 2.24) is 4.90 Å². The first-order chi connectivity index (χ1) is 13.0. The molecule has 1 saturated carbocycles. The molecule has 0 unspecified atom stereocenters. The third kappa shape index (κ3) is 4.14. The van der Waals surface area contributed by atoms with Crippen LogP contribution in [-0.2, 0) is 23.4 Å². The summed E-state index contributed by atoms with van der Waals surface area (Å²) in [5.74, 6) is -0.115. The molecule has 1 aliphatic heterocycles. The Morgan fingerprint density at radius 3 is 2.67 bits per heavy atom. The molecule has 4 rings (SSSR count). The van der Waals surface area contributed by atoms with Crippen LogP contribution in [0.3, 0.4) is 0 Å². The Morgan fingerprint density at radius 2 is 1.96 bits per heavy atom. The third-order valence-electron chi connectivity index (χ3n) is 5.61. The average Bonchev–Trinajstić information content (AvgIpc) is 3.41. The number of rotatable bonds is 7. The van der Waals surface area contributed by atoms with Gasteiger partial charge >= 0.3 is 5.97 Å². The first kappa shape index (κ1) is 18.0. The molecule has 0 aromatic heterocycles. The second-order valence-corrected chi connectivity index (χ2v) is 7.72. The molecule has 1 N–H and O–H groups in total. The molecule has 0 saturated heterocycles. The van der Waals surface area contributed by atoms with E-state index in [1.165, 1.54) is 36.1 Å². The number of hydrogen-bond acceptors (Lipinski definition) is 3. The Kier molecular flexibility index (Phi) is 4.87. The van der Waals surface area contributed by atoms with E-state index in [9.17, 15) is 9.18 Å². The molecule has 1 spiro atoms. The maximum Gasteiger partial charge on any atom is 0.303 e. The minimum absolute atomic E-state index is 0.214. The Morgan fingerprint density at radius 1 is 1.19 bits per heavy atom. The molecule has 1 aliphatic carbocycles. The summed E-state index contributed by atoms with van der Waals surface area (Å²) in [7, 11) is 0. The Balaban J connectivity index is 1.43. The fourth-order valence-electron chi connectivity index (χ4n) is 4.02. The number of carboxylic acids is 1. The SMILES string of the molecule is O=C(O)CCCN1Cc2ccc(OCc3ccc(F)cc3)cc2C2(CC2)C1. The van der Waals surface area contributed by atoms with E-state index in [1.807, 2.05) is 6.07 Å². The van der Waals surface area contributed by atoms with Gasteiger partial charge in [0.25, 0.3) is 0 Å². The van der Waals surface area contributed by atoms with Gasteiger partial charge in [-0.05, 0) is 66.8 Å². The summed E-state index contributed by atoms with van der Waals surface area (Å²) in [5, 5.41) is 8.84. The topological polar surface area (TPSA) is 49.8 Å².